The molecule has 3 aromatic carbocycles. The molecule has 1 amide bonds. The number of amides is 1. The van der Waals surface area contributed by atoms with Crippen LogP contribution in [0.3, 0.4) is 0 Å². The van der Waals surface area contributed by atoms with Crippen molar-refractivity contribution in [1.29, 1.82) is 0 Å². The summed E-state index contributed by atoms with van der Waals surface area (Å²) in [6.45, 7) is 3.62. The molecule has 184 valence electrons. The molecule has 0 radical (unpaired) electrons. The lowest BCUT2D eigenvalue weighted by Crippen LogP contribution is -2.37. The number of benzene rings is 3. The number of rotatable bonds is 9. The van der Waals surface area contributed by atoms with Gasteiger partial charge in [0.25, 0.3) is 0 Å². The topological polar surface area (TPSA) is 77.3 Å². The number of ether oxygens (including phenoxy) is 1. The van der Waals surface area contributed by atoms with Crippen LogP contribution in [0.5, 0.6) is 0 Å². The summed E-state index contributed by atoms with van der Waals surface area (Å²) in [7, 11) is 0. The van der Waals surface area contributed by atoms with Crippen LogP contribution in [-0.2, 0) is 14.3 Å². The van der Waals surface area contributed by atoms with Gasteiger partial charge in [0.2, 0.25) is 5.91 Å². The van der Waals surface area contributed by atoms with E-state index in [0.29, 0.717) is 16.7 Å². The van der Waals surface area contributed by atoms with E-state index in [9.17, 15) is 14.0 Å². The molecule has 1 aromatic heterocycles. The highest BCUT2D eigenvalue weighted by molar-refractivity contribution is 7.99. The molecule has 7 nitrogen and oxygen atoms in total. The van der Waals surface area contributed by atoms with Crippen LogP contribution >= 0.6 is 11.8 Å². The van der Waals surface area contributed by atoms with E-state index in [2.05, 4.69) is 10.2 Å². The number of anilines is 1. The van der Waals surface area contributed by atoms with E-state index in [1.165, 1.54) is 40.9 Å². The fourth-order valence-corrected chi connectivity index (χ4v) is 4.38. The fraction of sp³-hybridized carbons (Fsp3) is 0.185. The van der Waals surface area contributed by atoms with Gasteiger partial charge in [-0.25, -0.2) is 4.39 Å². The Kier molecular flexibility index (Phi) is 8.12. The van der Waals surface area contributed by atoms with Crippen LogP contribution in [-0.4, -0.2) is 45.5 Å². The summed E-state index contributed by atoms with van der Waals surface area (Å²) in [5, 5.41) is 9.29. The second-order valence-electron chi connectivity index (χ2n) is 7.89. The summed E-state index contributed by atoms with van der Waals surface area (Å²) in [6, 6.07) is 23.0. The molecule has 0 aliphatic heterocycles. The number of esters is 1. The van der Waals surface area contributed by atoms with Crippen molar-refractivity contribution in [1.82, 2.24) is 14.8 Å². The summed E-state index contributed by atoms with van der Waals surface area (Å²) < 4.78 is 20.4. The monoisotopic (exact) mass is 504 g/mol. The van der Waals surface area contributed by atoms with E-state index in [0.717, 1.165) is 16.8 Å². The SMILES string of the molecule is CCOC(=O)CN(C(=O)CSc1nnc(-c2ccccc2)n1-c1ccc(C)cc1)c1ccc(F)cc1. The average Bonchev–Trinajstić information content (AvgIpc) is 3.31. The molecule has 0 spiro atoms. The summed E-state index contributed by atoms with van der Waals surface area (Å²) in [5.74, 6) is -0.698. The zero-order valence-corrected chi connectivity index (χ0v) is 20.7. The largest absolute Gasteiger partial charge is 0.465 e. The van der Waals surface area contributed by atoms with Crippen molar-refractivity contribution in [3.63, 3.8) is 0 Å². The number of thioether (sulfide) groups is 1. The lowest BCUT2D eigenvalue weighted by atomic mass is 10.2. The summed E-state index contributed by atoms with van der Waals surface area (Å²) in [4.78, 5) is 26.7. The minimum atomic E-state index is -0.547. The third-order valence-corrected chi connectivity index (χ3v) is 6.23. The molecule has 4 aromatic rings. The van der Waals surface area contributed by atoms with Gasteiger partial charge in [-0.05, 0) is 50.2 Å². The van der Waals surface area contributed by atoms with Gasteiger partial charge in [0.15, 0.2) is 11.0 Å². The van der Waals surface area contributed by atoms with Crippen LogP contribution in [0.25, 0.3) is 17.1 Å². The normalized spacial score (nSPS) is 10.8. The quantitative estimate of drug-likeness (QED) is 0.234. The van der Waals surface area contributed by atoms with Crippen molar-refractivity contribution in [3.05, 3.63) is 90.2 Å². The van der Waals surface area contributed by atoms with Crippen molar-refractivity contribution in [2.75, 3.05) is 23.8 Å². The maximum absolute atomic E-state index is 13.5. The molecule has 0 saturated carbocycles. The van der Waals surface area contributed by atoms with Gasteiger partial charge in [0.1, 0.15) is 12.4 Å². The number of aromatic nitrogens is 3. The Labute approximate surface area is 212 Å². The zero-order valence-electron chi connectivity index (χ0n) is 19.9. The third-order valence-electron chi connectivity index (χ3n) is 5.31. The Balaban J connectivity index is 1.62. The van der Waals surface area contributed by atoms with Crippen molar-refractivity contribution in [2.24, 2.45) is 0 Å². The lowest BCUT2D eigenvalue weighted by molar-refractivity contribution is -0.142. The Morgan fingerprint density at radius 2 is 1.67 bits per heavy atom. The molecule has 0 unspecified atom stereocenters. The number of hydrogen-bond acceptors (Lipinski definition) is 6. The van der Waals surface area contributed by atoms with Gasteiger partial charge in [0, 0.05) is 16.9 Å². The first kappa shape index (κ1) is 25.1. The molecule has 0 saturated heterocycles. The van der Waals surface area contributed by atoms with E-state index in [-0.39, 0.29) is 24.8 Å². The Bertz CT molecular complexity index is 1330. The first-order valence-corrected chi connectivity index (χ1v) is 12.4. The van der Waals surface area contributed by atoms with Crippen LogP contribution < -0.4 is 4.90 Å². The highest BCUT2D eigenvalue weighted by atomic mass is 32.2. The molecule has 0 aliphatic carbocycles. The van der Waals surface area contributed by atoms with Crippen LogP contribution in [0.15, 0.2) is 84.0 Å². The third kappa shape index (κ3) is 5.98. The maximum Gasteiger partial charge on any atom is 0.326 e. The molecular weight excluding hydrogens is 479 g/mol. The number of carbonyl (C=O) groups is 2. The van der Waals surface area contributed by atoms with E-state index >= 15 is 0 Å². The van der Waals surface area contributed by atoms with Gasteiger partial charge >= 0.3 is 5.97 Å². The van der Waals surface area contributed by atoms with Crippen LogP contribution in [0, 0.1) is 12.7 Å². The van der Waals surface area contributed by atoms with Gasteiger partial charge in [-0.3, -0.25) is 14.2 Å². The Morgan fingerprint density at radius 3 is 2.33 bits per heavy atom. The van der Waals surface area contributed by atoms with Gasteiger partial charge in [-0.1, -0.05) is 59.8 Å². The highest BCUT2D eigenvalue weighted by Crippen LogP contribution is 2.29. The average molecular weight is 505 g/mol. The zero-order chi connectivity index (χ0) is 25.5. The van der Waals surface area contributed by atoms with Gasteiger partial charge in [0.05, 0.1) is 12.4 Å². The molecule has 1 heterocycles. The number of aryl methyl sites for hydroxylation is 1. The Hall–Kier alpha value is -3.98. The highest BCUT2D eigenvalue weighted by Gasteiger charge is 2.23. The molecular formula is C27H25FN4O3S. The minimum absolute atomic E-state index is 0.0183. The smallest absolute Gasteiger partial charge is 0.326 e. The molecule has 0 fully saturated rings. The summed E-state index contributed by atoms with van der Waals surface area (Å²) >= 11 is 1.21. The van der Waals surface area contributed by atoms with Crippen molar-refractivity contribution in [3.8, 4) is 17.1 Å². The lowest BCUT2D eigenvalue weighted by Gasteiger charge is -2.21. The minimum Gasteiger partial charge on any atom is -0.465 e. The van der Waals surface area contributed by atoms with Crippen LogP contribution in [0.2, 0.25) is 0 Å². The molecule has 0 N–H and O–H groups in total. The second kappa shape index (κ2) is 11.6. The van der Waals surface area contributed by atoms with Crippen molar-refractivity contribution in [2.45, 2.75) is 19.0 Å². The van der Waals surface area contributed by atoms with E-state index in [1.54, 1.807) is 6.92 Å². The van der Waals surface area contributed by atoms with Gasteiger partial charge in [-0.15, -0.1) is 10.2 Å². The number of nitrogens with zero attached hydrogens (tertiary/aromatic N) is 4. The predicted octanol–water partition coefficient (Wildman–Crippen LogP) is 5.07. The van der Waals surface area contributed by atoms with E-state index < -0.39 is 11.8 Å². The fourth-order valence-electron chi connectivity index (χ4n) is 3.55. The summed E-state index contributed by atoms with van der Waals surface area (Å²) in [6.07, 6.45) is 0. The molecule has 0 atom stereocenters. The molecule has 0 bridgehead atoms. The first-order valence-electron chi connectivity index (χ1n) is 11.4. The molecule has 0 aliphatic rings. The number of carbonyl (C=O) groups excluding carboxylic acids is 2. The van der Waals surface area contributed by atoms with Crippen molar-refractivity contribution >= 4 is 29.3 Å². The molecule has 4 rings (SSSR count). The first-order chi connectivity index (χ1) is 17.5. The number of halogens is 1. The second-order valence-corrected chi connectivity index (χ2v) is 8.84. The van der Waals surface area contributed by atoms with Gasteiger partial charge in [-0.2, -0.15) is 0 Å². The number of hydrogen-bond donors (Lipinski definition) is 0. The van der Waals surface area contributed by atoms with E-state index in [4.69, 9.17) is 4.74 Å². The van der Waals surface area contributed by atoms with Crippen LogP contribution in [0.4, 0.5) is 10.1 Å². The maximum atomic E-state index is 13.5. The summed E-state index contributed by atoms with van der Waals surface area (Å²) in [5.41, 5.74) is 3.27. The van der Waals surface area contributed by atoms with E-state index in [1.807, 2.05) is 66.1 Å². The predicted molar refractivity (Wildman–Crippen MR) is 138 cm³/mol. The molecule has 36 heavy (non-hydrogen) atoms. The Morgan fingerprint density at radius 1 is 0.972 bits per heavy atom. The standard InChI is InChI=1S/C27H25FN4O3S/c1-3-35-25(34)17-31(22-15-11-21(28)12-16-22)24(33)18-36-27-30-29-26(20-7-5-4-6-8-20)32(27)23-13-9-19(2)10-14-23/h4-16H,3,17-18H2,1-2H3. The molecule has 9 heteroatoms. The van der Waals surface area contributed by atoms with Crippen molar-refractivity contribution < 1.29 is 18.7 Å². The van der Waals surface area contributed by atoms with Gasteiger partial charge < -0.3 is 9.64 Å². The van der Waals surface area contributed by atoms with Crippen LogP contribution in [0.1, 0.15) is 12.5 Å².